The van der Waals surface area contributed by atoms with Gasteiger partial charge in [0.2, 0.25) is 5.79 Å². The molecule has 4 rings (SSSR count). The van der Waals surface area contributed by atoms with E-state index in [4.69, 9.17) is 28.4 Å². The molecule has 0 spiro atoms. The number of Topliss-reactive ketones (excluding diaryl/α,β-unsaturated/α-hetero) is 4. The van der Waals surface area contributed by atoms with Gasteiger partial charge in [0.1, 0.15) is 36.2 Å². The third-order valence-corrected chi connectivity index (χ3v) is 16.7. The van der Waals surface area contributed by atoms with Crippen molar-refractivity contribution >= 4 is 52.9 Å². The molecule has 3 heterocycles. The number of esters is 1. The first-order valence-electron chi connectivity index (χ1n) is 27.4. The molecule has 76 heavy (non-hydrogen) atoms. The van der Waals surface area contributed by atoms with Crippen molar-refractivity contribution in [3.8, 4) is 0 Å². The van der Waals surface area contributed by atoms with Crippen LogP contribution in [0.5, 0.6) is 0 Å². The number of cyclic esters (lactones) is 1. The summed E-state index contributed by atoms with van der Waals surface area (Å²) >= 11 is 1.57. The molecule has 2 bridgehead atoms. The number of nitrogens with zero attached hydrogens (tertiary/aromatic N) is 1. The number of carbonyl (C=O) groups is 7. The molecule has 0 aromatic carbocycles. The van der Waals surface area contributed by atoms with Crippen molar-refractivity contribution in [2.45, 2.75) is 199 Å². The fourth-order valence-electron chi connectivity index (χ4n) is 11.2. The topological polar surface area (TPSA) is 231 Å². The highest BCUT2D eigenvalue weighted by atomic mass is 32.2. The Kier molecular flexibility index (Phi) is 26.2. The van der Waals surface area contributed by atoms with Crippen LogP contribution in [-0.2, 0) is 57.2 Å². The molecule has 4 aliphatic rings. The number of methoxy groups -OCH3 is 3. The molecule has 3 N–H and O–H groups in total. The monoisotopic (exact) mass is 1090 g/mol. The molecule has 428 valence electrons. The van der Waals surface area contributed by atoms with Gasteiger partial charge in [0, 0.05) is 58.5 Å². The van der Waals surface area contributed by atoms with E-state index in [1.807, 2.05) is 57.4 Å². The number of ether oxygens (including phenoxy) is 6. The number of ketones is 4. The van der Waals surface area contributed by atoms with E-state index in [2.05, 4.69) is 5.32 Å². The molecule has 0 aromatic heterocycles. The Balaban J connectivity index is 1.67. The van der Waals surface area contributed by atoms with E-state index in [-0.39, 0.29) is 48.6 Å². The maximum absolute atomic E-state index is 14.6. The highest BCUT2D eigenvalue weighted by molar-refractivity contribution is 7.98. The number of amides is 2. The van der Waals surface area contributed by atoms with E-state index >= 15 is 0 Å². The predicted octanol–water partition coefficient (Wildman–Crippen LogP) is 7.63. The number of aliphatic hydroxyl groups is 2. The van der Waals surface area contributed by atoms with Gasteiger partial charge >= 0.3 is 12.1 Å². The number of hydrogen-bond donors (Lipinski definition) is 3. The quantitative estimate of drug-likeness (QED) is 0.0969. The molecule has 1 aliphatic carbocycles. The molecular weight excluding hydrogens is 997 g/mol. The Labute approximate surface area is 456 Å². The van der Waals surface area contributed by atoms with E-state index in [1.54, 1.807) is 59.8 Å². The van der Waals surface area contributed by atoms with Gasteiger partial charge in [0.25, 0.3) is 11.7 Å². The SMILES string of the molecule is COC1CC2CC[C@@H](C)[C@@](O)(O2)C(=O)C(=O)N2CCCC[C@H]2C(=O)OC(C(C)CC2CC[C@@H](OC(=O)NC(CCSC)C(C)=O)C(OC)C2)CC(=O)C(C)/C=C(\C)[C@@H](O)C(OC)C(=O)[C@H](C)CC(C)\C=C/C=C/C=C/1C. The zero-order valence-electron chi connectivity index (χ0n) is 47.3. The highest BCUT2D eigenvalue weighted by Crippen LogP contribution is 2.38. The average Bonchev–Trinajstić information content (AvgIpc) is 3.39. The van der Waals surface area contributed by atoms with Crippen LogP contribution in [0.3, 0.4) is 0 Å². The standard InChI is InChI=1S/C58H90N2O15S/c1-34-18-14-13-15-19-35(2)48(70-9)32-43-23-21-40(7)58(69,75-43)54(65)55(66)60-26-17-16-20-45(60)56(67)73-49(33-46(62)36(3)29-39(6)52(64)53(72-11)51(63)38(5)28-34)37(4)30-42-22-24-47(50(31-42)71-10)74-57(68)59-44(41(8)61)25-27-76-12/h13-15,18-19,29,34,36-38,40,42-45,47-50,52-53,64,69H,16-17,20-28,30-33H2,1-12H3,(H,59,68)/b15-13+,18-14-,35-19+,39-29+/t34?,36?,37?,38-,40-,42?,43?,44?,45+,47-,48?,49?,50?,52-,53?,58-/m1/s1. The van der Waals surface area contributed by atoms with Gasteiger partial charge in [-0.25, -0.2) is 9.59 Å². The first-order valence-corrected chi connectivity index (χ1v) is 28.8. The van der Waals surface area contributed by atoms with Gasteiger partial charge in [-0.1, -0.05) is 71.1 Å². The van der Waals surface area contributed by atoms with Crippen LogP contribution in [0.1, 0.15) is 139 Å². The molecule has 10 unspecified atom stereocenters. The molecule has 0 aromatic rings. The molecule has 2 saturated heterocycles. The Bertz CT molecular complexity index is 2110. The highest BCUT2D eigenvalue weighted by Gasteiger charge is 2.53. The van der Waals surface area contributed by atoms with Crippen molar-refractivity contribution in [3.63, 3.8) is 0 Å². The maximum atomic E-state index is 14.6. The molecule has 2 amide bonds. The van der Waals surface area contributed by atoms with Crippen molar-refractivity contribution in [3.05, 3.63) is 47.6 Å². The van der Waals surface area contributed by atoms with E-state index in [1.165, 1.54) is 18.9 Å². The number of hydrogen-bond acceptors (Lipinski definition) is 16. The van der Waals surface area contributed by atoms with Gasteiger partial charge in [0.15, 0.2) is 11.6 Å². The second-order valence-corrected chi connectivity index (χ2v) is 23.0. The summed E-state index contributed by atoms with van der Waals surface area (Å²) in [6.45, 7) is 14.0. The lowest BCUT2D eigenvalue weighted by Gasteiger charge is -2.42. The van der Waals surface area contributed by atoms with Crippen LogP contribution in [0.4, 0.5) is 4.79 Å². The first-order chi connectivity index (χ1) is 36.0. The summed E-state index contributed by atoms with van der Waals surface area (Å²) in [7, 11) is 4.48. The molecular formula is C58H90N2O15S. The van der Waals surface area contributed by atoms with Crippen LogP contribution in [-0.4, -0.2) is 157 Å². The number of fused-ring (bicyclic) bond motifs is 3. The van der Waals surface area contributed by atoms with E-state index in [0.717, 1.165) is 5.57 Å². The lowest BCUT2D eigenvalue weighted by molar-refractivity contribution is -0.265. The third-order valence-electron chi connectivity index (χ3n) is 16.1. The van der Waals surface area contributed by atoms with Crippen LogP contribution < -0.4 is 5.32 Å². The number of allylic oxidation sites excluding steroid dienone is 6. The number of alkyl carbamates (subject to hydrolysis) is 1. The van der Waals surface area contributed by atoms with Gasteiger partial charge in [-0.2, -0.15) is 11.8 Å². The van der Waals surface area contributed by atoms with Crippen molar-refractivity contribution in [2.75, 3.05) is 39.9 Å². The third kappa shape index (κ3) is 18.0. The van der Waals surface area contributed by atoms with Gasteiger partial charge in [-0.15, -0.1) is 0 Å². The molecule has 18 heteroatoms. The number of nitrogens with one attached hydrogen (secondary N) is 1. The molecule has 0 radical (unpaired) electrons. The Morgan fingerprint density at radius 1 is 0.895 bits per heavy atom. The summed E-state index contributed by atoms with van der Waals surface area (Å²) < 4.78 is 35.6. The molecule has 3 fully saturated rings. The van der Waals surface area contributed by atoms with E-state index < -0.39 is 108 Å². The Hall–Kier alpha value is -4.04. The summed E-state index contributed by atoms with van der Waals surface area (Å²) in [5.41, 5.74) is 1.22. The van der Waals surface area contributed by atoms with Crippen molar-refractivity contribution in [1.82, 2.24) is 10.2 Å². The molecule has 17 nitrogen and oxygen atoms in total. The predicted molar refractivity (Wildman–Crippen MR) is 290 cm³/mol. The number of thioether (sulfide) groups is 1. The number of aliphatic hydroxyl groups excluding tert-OH is 1. The normalized spacial score (nSPS) is 36.5. The van der Waals surface area contributed by atoms with Gasteiger partial charge < -0.3 is 48.9 Å². The summed E-state index contributed by atoms with van der Waals surface area (Å²) in [6.07, 6.45) is 11.8. The van der Waals surface area contributed by atoms with E-state index in [0.29, 0.717) is 82.0 Å². The van der Waals surface area contributed by atoms with Crippen LogP contribution >= 0.6 is 11.8 Å². The maximum Gasteiger partial charge on any atom is 0.408 e. The molecule has 1 saturated carbocycles. The van der Waals surface area contributed by atoms with Crippen LogP contribution in [0.15, 0.2) is 47.6 Å². The fraction of sp³-hybridized carbons (Fsp3) is 0.741. The summed E-state index contributed by atoms with van der Waals surface area (Å²) in [5.74, 6) is -7.99. The van der Waals surface area contributed by atoms with Gasteiger partial charge in [0.05, 0.1) is 24.4 Å². The van der Waals surface area contributed by atoms with Gasteiger partial charge in [-0.3, -0.25) is 24.0 Å². The number of rotatable bonds is 12. The zero-order valence-corrected chi connectivity index (χ0v) is 48.1. The average molecular weight is 1090 g/mol. The second-order valence-electron chi connectivity index (χ2n) is 22.1. The fourth-order valence-corrected chi connectivity index (χ4v) is 11.6. The lowest BCUT2D eigenvalue weighted by atomic mass is 9.78. The van der Waals surface area contributed by atoms with Crippen LogP contribution in [0, 0.1) is 35.5 Å². The minimum absolute atomic E-state index is 0.00411. The smallest absolute Gasteiger partial charge is 0.408 e. The summed E-state index contributed by atoms with van der Waals surface area (Å²) in [6, 6.07) is -1.86. The molecule has 3 aliphatic heterocycles. The minimum Gasteiger partial charge on any atom is -0.460 e. The van der Waals surface area contributed by atoms with Crippen molar-refractivity contribution in [1.29, 1.82) is 0 Å². The molecule has 16 atom stereocenters. The van der Waals surface area contributed by atoms with Crippen molar-refractivity contribution < 1.29 is 72.2 Å². The second kappa shape index (κ2) is 30.9. The van der Waals surface area contributed by atoms with E-state index in [9.17, 15) is 43.8 Å². The number of carbonyl (C=O) groups excluding carboxylic acids is 7. The van der Waals surface area contributed by atoms with Gasteiger partial charge in [-0.05, 0) is 132 Å². The van der Waals surface area contributed by atoms with Crippen molar-refractivity contribution in [2.24, 2.45) is 35.5 Å². The largest absolute Gasteiger partial charge is 0.460 e. The first kappa shape index (κ1) is 64.5. The summed E-state index contributed by atoms with van der Waals surface area (Å²) in [5, 5.41) is 26.3. The number of piperidine rings is 1. The van der Waals surface area contributed by atoms with Crippen LogP contribution in [0.25, 0.3) is 0 Å². The van der Waals surface area contributed by atoms with Crippen LogP contribution in [0.2, 0.25) is 0 Å². The summed E-state index contributed by atoms with van der Waals surface area (Å²) in [4.78, 5) is 97.9. The lowest BCUT2D eigenvalue weighted by Crippen LogP contribution is -2.61. The zero-order chi connectivity index (χ0) is 56.4. The minimum atomic E-state index is -2.46. The Morgan fingerprint density at radius 3 is 2.28 bits per heavy atom. The Morgan fingerprint density at radius 2 is 1.62 bits per heavy atom.